The van der Waals surface area contributed by atoms with E-state index in [0.29, 0.717) is 6.61 Å². The van der Waals surface area contributed by atoms with E-state index in [4.69, 9.17) is 4.74 Å². The summed E-state index contributed by atoms with van der Waals surface area (Å²) < 4.78 is 6.40. The van der Waals surface area contributed by atoms with Crippen LogP contribution in [0.3, 0.4) is 0 Å². The molecule has 2 nitrogen and oxygen atoms in total. The maximum atomic E-state index is 5.28. The van der Waals surface area contributed by atoms with E-state index in [1.54, 1.807) is 7.11 Å². The topological polar surface area (TPSA) is 21.3 Å². The summed E-state index contributed by atoms with van der Waals surface area (Å²) in [6.45, 7) is 4.06. The molecule has 1 unspecified atom stereocenters. The van der Waals surface area contributed by atoms with Crippen LogP contribution in [0.25, 0.3) is 0 Å². The molecule has 1 aliphatic heterocycles. The minimum Gasteiger partial charge on any atom is -0.380 e. The molecule has 2 rings (SSSR count). The number of hydrogen-bond acceptors (Lipinski definition) is 2. The van der Waals surface area contributed by atoms with E-state index in [-0.39, 0.29) is 5.54 Å². The first kappa shape index (κ1) is 12.1. The molecule has 0 bridgehead atoms. The third-order valence-corrected chi connectivity index (χ3v) is 3.82. The number of rotatable bonds is 3. The summed E-state index contributed by atoms with van der Waals surface area (Å²) >= 11 is 3.52. The van der Waals surface area contributed by atoms with E-state index in [1.165, 1.54) is 24.0 Å². The van der Waals surface area contributed by atoms with E-state index >= 15 is 0 Å². The fraction of sp³-hybridized carbons (Fsp3) is 0.538. The monoisotopic (exact) mass is 283 g/mol. The number of benzene rings is 1. The first-order valence-electron chi connectivity index (χ1n) is 5.68. The van der Waals surface area contributed by atoms with E-state index in [0.717, 1.165) is 11.0 Å². The van der Waals surface area contributed by atoms with Gasteiger partial charge in [-0.1, -0.05) is 22.0 Å². The summed E-state index contributed by atoms with van der Waals surface area (Å²) in [5, 5.41) is 3.60. The summed E-state index contributed by atoms with van der Waals surface area (Å²) in [7, 11) is 1.75. The third kappa shape index (κ3) is 2.31. The van der Waals surface area contributed by atoms with Gasteiger partial charge in [0.2, 0.25) is 0 Å². The lowest BCUT2D eigenvalue weighted by molar-refractivity contribution is 0.182. The van der Waals surface area contributed by atoms with Crippen LogP contribution in [0.4, 0.5) is 0 Å². The maximum absolute atomic E-state index is 5.28. The second-order valence-corrected chi connectivity index (χ2v) is 5.51. The van der Waals surface area contributed by atoms with Crippen LogP contribution in [0.5, 0.6) is 0 Å². The van der Waals surface area contributed by atoms with Crippen molar-refractivity contribution in [1.29, 1.82) is 0 Å². The molecular formula is C13H18BrNO. The Kier molecular flexibility index (Phi) is 3.67. The predicted molar refractivity (Wildman–Crippen MR) is 69.4 cm³/mol. The van der Waals surface area contributed by atoms with Crippen LogP contribution in [-0.4, -0.2) is 13.7 Å². The highest BCUT2D eigenvalue weighted by atomic mass is 79.9. The predicted octanol–water partition coefficient (Wildman–Crippen LogP) is 3.19. The van der Waals surface area contributed by atoms with Crippen molar-refractivity contribution in [3.63, 3.8) is 0 Å². The van der Waals surface area contributed by atoms with Crippen LogP contribution < -0.4 is 5.32 Å². The van der Waals surface area contributed by atoms with E-state index in [2.05, 4.69) is 46.4 Å². The lowest BCUT2D eigenvalue weighted by Gasteiger charge is -2.27. The van der Waals surface area contributed by atoms with Gasteiger partial charge >= 0.3 is 0 Å². The molecule has 0 spiro atoms. The van der Waals surface area contributed by atoms with Crippen LogP contribution in [0, 0.1) is 0 Å². The van der Waals surface area contributed by atoms with Gasteiger partial charge in [-0.05, 0) is 49.6 Å². The van der Waals surface area contributed by atoms with Crippen molar-refractivity contribution in [3.05, 3.63) is 33.8 Å². The van der Waals surface area contributed by atoms with Crippen molar-refractivity contribution in [2.45, 2.75) is 31.9 Å². The molecule has 0 amide bonds. The van der Waals surface area contributed by atoms with Crippen LogP contribution in [0.1, 0.15) is 30.9 Å². The summed E-state index contributed by atoms with van der Waals surface area (Å²) in [5.74, 6) is 0. The van der Waals surface area contributed by atoms with Crippen molar-refractivity contribution in [3.8, 4) is 0 Å². The van der Waals surface area contributed by atoms with Crippen LogP contribution in [0.15, 0.2) is 22.7 Å². The molecule has 3 heteroatoms. The number of halogens is 1. The Morgan fingerprint density at radius 1 is 1.50 bits per heavy atom. The lowest BCUT2D eigenvalue weighted by Crippen LogP contribution is -2.34. The molecule has 0 aliphatic carbocycles. The highest BCUT2D eigenvalue weighted by Gasteiger charge is 2.31. The summed E-state index contributed by atoms with van der Waals surface area (Å²) in [4.78, 5) is 0. The molecule has 1 saturated heterocycles. The molecule has 0 radical (unpaired) electrons. The van der Waals surface area contributed by atoms with Gasteiger partial charge in [0.15, 0.2) is 0 Å². The molecule has 88 valence electrons. The summed E-state index contributed by atoms with van der Waals surface area (Å²) in [5.41, 5.74) is 2.76. The van der Waals surface area contributed by atoms with E-state index in [1.807, 2.05) is 0 Å². The zero-order chi connectivity index (χ0) is 11.6. The van der Waals surface area contributed by atoms with Crippen molar-refractivity contribution >= 4 is 15.9 Å². The number of ether oxygens (including phenoxy) is 1. The molecule has 1 aliphatic rings. The minimum atomic E-state index is 0.120. The summed E-state index contributed by atoms with van der Waals surface area (Å²) in [6, 6.07) is 6.47. The van der Waals surface area contributed by atoms with Gasteiger partial charge < -0.3 is 10.1 Å². The smallest absolute Gasteiger partial charge is 0.0716 e. The standard InChI is InChI=1S/C13H18BrNO/c1-13(6-3-7-15-13)12-5-4-11(14)8-10(12)9-16-2/h4-5,8,15H,3,6-7,9H2,1-2H3. The average Bonchev–Trinajstić information content (AvgIpc) is 2.66. The molecule has 0 aromatic heterocycles. The van der Waals surface area contributed by atoms with Gasteiger partial charge in [-0.2, -0.15) is 0 Å². The third-order valence-electron chi connectivity index (χ3n) is 3.33. The van der Waals surface area contributed by atoms with Gasteiger partial charge in [0, 0.05) is 17.1 Å². The van der Waals surface area contributed by atoms with E-state index < -0.39 is 0 Å². The molecular weight excluding hydrogens is 266 g/mol. The number of methoxy groups -OCH3 is 1. The van der Waals surface area contributed by atoms with Crippen molar-refractivity contribution < 1.29 is 4.74 Å². The Balaban J connectivity index is 2.38. The molecule has 1 N–H and O–H groups in total. The van der Waals surface area contributed by atoms with Gasteiger partial charge in [-0.25, -0.2) is 0 Å². The van der Waals surface area contributed by atoms with Crippen LogP contribution in [0.2, 0.25) is 0 Å². The highest BCUT2D eigenvalue weighted by Crippen LogP contribution is 2.34. The molecule has 1 fully saturated rings. The molecule has 1 atom stereocenters. The average molecular weight is 284 g/mol. The molecule has 1 aromatic carbocycles. The second-order valence-electron chi connectivity index (χ2n) is 4.60. The first-order chi connectivity index (χ1) is 7.65. The first-order valence-corrected chi connectivity index (χ1v) is 6.48. The zero-order valence-corrected chi connectivity index (χ0v) is 11.4. The van der Waals surface area contributed by atoms with Crippen LogP contribution in [-0.2, 0) is 16.9 Å². The summed E-state index contributed by atoms with van der Waals surface area (Å²) in [6.07, 6.45) is 2.45. The number of hydrogen-bond donors (Lipinski definition) is 1. The van der Waals surface area contributed by atoms with Gasteiger partial charge in [0.1, 0.15) is 0 Å². The normalized spacial score (nSPS) is 24.9. The molecule has 16 heavy (non-hydrogen) atoms. The van der Waals surface area contributed by atoms with Crippen LogP contribution >= 0.6 is 15.9 Å². The Hall–Kier alpha value is -0.380. The van der Waals surface area contributed by atoms with E-state index in [9.17, 15) is 0 Å². The maximum Gasteiger partial charge on any atom is 0.0716 e. The largest absolute Gasteiger partial charge is 0.380 e. The van der Waals surface area contributed by atoms with Gasteiger partial charge in [-0.3, -0.25) is 0 Å². The van der Waals surface area contributed by atoms with Crippen molar-refractivity contribution in [2.24, 2.45) is 0 Å². The quantitative estimate of drug-likeness (QED) is 0.920. The Morgan fingerprint density at radius 2 is 2.31 bits per heavy atom. The van der Waals surface area contributed by atoms with Crippen molar-refractivity contribution in [2.75, 3.05) is 13.7 Å². The Morgan fingerprint density at radius 3 is 2.94 bits per heavy atom. The fourth-order valence-electron chi connectivity index (χ4n) is 2.50. The molecule has 1 aromatic rings. The SMILES string of the molecule is COCc1cc(Br)ccc1C1(C)CCCN1. The Labute approximate surface area is 106 Å². The van der Waals surface area contributed by atoms with Gasteiger partial charge in [0.05, 0.1) is 6.61 Å². The molecule has 1 heterocycles. The lowest BCUT2D eigenvalue weighted by atomic mass is 9.87. The van der Waals surface area contributed by atoms with Gasteiger partial charge in [0.25, 0.3) is 0 Å². The minimum absolute atomic E-state index is 0.120. The molecule has 0 saturated carbocycles. The zero-order valence-electron chi connectivity index (χ0n) is 9.85. The van der Waals surface area contributed by atoms with Gasteiger partial charge in [-0.15, -0.1) is 0 Å². The fourth-order valence-corrected chi connectivity index (χ4v) is 2.91. The Bertz CT molecular complexity index is 372. The highest BCUT2D eigenvalue weighted by molar-refractivity contribution is 9.10. The second kappa shape index (κ2) is 4.86. The van der Waals surface area contributed by atoms with Crippen molar-refractivity contribution in [1.82, 2.24) is 5.32 Å². The number of nitrogens with one attached hydrogen (secondary N) is 1.